The summed E-state index contributed by atoms with van der Waals surface area (Å²) in [6.07, 6.45) is 0.441. The summed E-state index contributed by atoms with van der Waals surface area (Å²) >= 11 is 0. The Morgan fingerprint density at radius 1 is 1.08 bits per heavy atom. The number of nitrogens with one attached hydrogen (secondary N) is 2. The number of hydrogen-bond acceptors (Lipinski definition) is 4. The van der Waals surface area contributed by atoms with Crippen molar-refractivity contribution in [3.63, 3.8) is 0 Å². The van der Waals surface area contributed by atoms with Crippen molar-refractivity contribution in [1.82, 2.24) is 5.32 Å². The van der Waals surface area contributed by atoms with Gasteiger partial charge in [0, 0.05) is 24.6 Å². The van der Waals surface area contributed by atoms with Gasteiger partial charge in [0.2, 0.25) is 5.91 Å². The summed E-state index contributed by atoms with van der Waals surface area (Å²) in [4.78, 5) is 11.5. The number of benzene rings is 2. The second-order valence-electron chi connectivity index (χ2n) is 5.61. The van der Waals surface area contributed by atoms with Crippen LogP contribution in [0.25, 0.3) is 0 Å². The first-order valence-electron chi connectivity index (χ1n) is 7.51. The van der Waals surface area contributed by atoms with E-state index in [0.717, 1.165) is 5.56 Å². The standard InChI is InChI=1S/C17H18N2O4S/c1-23-15-6-4-14(5-7-15)19-24(21,22)16-8-2-12(3-9-16)13-10-17(20)18-11-13/h2-9,13,19H,10-11H2,1H3,(H,18,20). The van der Waals surface area contributed by atoms with Gasteiger partial charge in [-0.15, -0.1) is 0 Å². The molecule has 0 aliphatic carbocycles. The van der Waals surface area contributed by atoms with Gasteiger partial charge in [-0.05, 0) is 42.0 Å². The fraction of sp³-hybridized carbons (Fsp3) is 0.235. The fourth-order valence-electron chi connectivity index (χ4n) is 2.63. The first-order valence-corrected chi connectivity index (χ1v) is 9.00. The fourth-order valence-corrected chi connectivity index (χ4v) is 3.69. The largest absolute Gasteiger partial charge is 0.497 e. The summed E-state index contributed by atoms with van der Waals surface area (Å²) in [6, 6.07) is 13.3. The van der Waals surface area contributed by atoms with Crippen LogP contribution >= 0.6 is 0 Å². The molecule has 1 aliphatic rings. The quantitative estimate of drug-likeness (QED) is 0.868. The Morgan fingerprint density at radius 3 is 2.29 bits per heavy atom. The van der Waals surface area contributed by atoms with Crippen LogP contribution < -0.4 is 14.8 Å². The molecule has 0 aromatic heterocycles. The topological polar surface area (TPSA) is 84.5 Å². The van der Waals surface area contributed by atoms with E-state index in [1.807, 2.05) is 0 Å². The molecule has 1 aliphatic heterocycles. The molecule has 3 rings (SSSR count). The van der Waals surface area contributed by atoms with E-state index in [4.69, 9.17) is 4.74 Å². The predicted molar refractivity (Wildman–Crippen MR) is 90.6 cm³/mol. The molecule has 1 heterocycles. The van der Waals surface area contributed by atoms with Gasteiger partial charge < -0.3 is 10.1 Å². The minimum Gasteiger partial charge on any atom is -0.497 e. The van der Waals surface area contributed by atoms with E-state index in [0.29, 0.717) is 24.4 Å². The molecule has 0 radical (unpaired) electrons. The maximum Gasteiger partial charge on any atom is 0.261 e. The Bertz CT molecular complexity index is 830. The lowest BCUT2D eigenvalue weighted by molar-refractivity contribution is -0.119. The molecule has 6 nitrogen and oxygen atoms in total. The van der Waals surface area contributed by atoms with Crippen molar-refractivity contribution in [3.05, 3.63) is 54.1 Å². The first kappa shape index (κ1) is 16.3. The molecule has 1 amide bonds. The van der Waals surface area contributed by atoms with E-state index >= 15 is 0 Å². The smallest absolute Gasteiger partial charge is 0.261 e. The molecule has 0 spiro atoms. The minimum atomic E-state index is -3.66. The van der Waals surface area contributed by atoms with Crippen molar-refractivity contribution in [1.29, 1.82) is 0 Å². The Balaban J connectivity index is 1.75. The van der Waals surface area contributed by atoms with Crippen LogP contribution in [0.15, 0.2) is 53.4 Å². The Kier molecular flexibility index (Phi) is 4.44. The average molecular weight is 346 g/mol. The zero-order chi connectivity index (χ0) is 17.2. The molecule has 1 fully saturated rings. The summed E-state index contributed by atoms with van der Waals surface area (Å²) in [5, 5.41) is 2.78. The van der Waals surface area contributed by atoms with E-state index in [-0.39, 0.29) is 16.7 Å². The second-order valence-corrected chi connectivity index (χ2v) is 7.29. The lowest BCUT2D eigenvalue weighted by Crippen LogP contribution is -2.14. The van der Waals surface area contributed by atoms with Gasteiger partial charge in [-0.3, -0.25) is 9.52 Å². The molecule has 0 bridgehead atoms. The second kappa shape index (κ2) is 6.52. The molecule has 126 valence electrons. The van der Waals surface area contributed by atoms with Crippen molar-refractivity contribution < 1.29 is 17.9 Å². The molecule has 24 heavy (non-hydrogen) atoms. The number of hydrogen-bond donors (Lipinski definition) is 2. The predicted octanol–water partition coefficient (Wildman–Crippen LogP) is 2.10. The van der Waals surface area contributed by atoms with Crippen LogP contribution in [0.1, 0.15) is 17.9 Å². The number of amides is 1. The number of rotatable bonds is 5. The van der Waals surface area contributed by atoms with Gasteiger partial charge in [-0.2, -0.15) is 0 Å². The van der Waals surface area contributed by atoms with Crippen LogP contribution in [0.3, 0.4) is 0 Å². The molecule has 0 saturated carbocycles. The zero-order valence-corrected chi connectivity index (χ0v) is 14.0. The Hall–Kier alpha value is -2.54. The summed E-state index contributed by atoms with van der Waals surface area (Å²) < 4.78 is 32.4. The maximum absolute atomic E-state index is 12.4. The highest BCUT2D eigenvalue weighted by molar-refractivity contribution is 7.92. The van der Waals surface area contributed by atoms with E-state index < -0.39 is 10.0 Å². The van der Waals surface area contributed by atoms with Gasteiger partial charge in [0.1, 0.15) is 5.75 Å². The number of carbonyl (C=O) groups is 1. The van der Waals surface area contributed by atoms with Gasteiger partial charge in [-0.1, -0.05) is 12.1 Å². The number of methoxy groups -OCH3 is 1. The van der Waals surface area contributed by atoms with Crippen LogP contribution in [0, 0.1) is 0 Å². The summed E-state index contributed by atoms with van der Waals surface area (Å²) in [6.45, 7) is 0.592. The molecule has 1 saturated heterocycles. The SMILES string of the molecule is COc1ccc(NS(=O)(=O)c2ccc(C3CNC(=O)C3)cc2)cc1. The monoisotopic (exact) mass is 346 g/mol. The van der Waals surface area contributed by atoms with Crippen LogP contribution in [-0.2, 0) is 14.8 Å². The van der Waals surface area contributed by atoms with Crippen molar-refractivity contribution >= 4 is 21.6 Å². The molecule has 1 unspecified atom stereocenters. The minimum absolute atomic E-state index is 0.0258. The first-order chi connectivity index (χ1) is 11.5. The molecule has 2 N–H and O–H groups in total. The third-order valence-electron chi connectivity index (χ3n) is 3.98. The molecule has 7 heteroatoms. The van der Waals surface area contributed by atoms with Gasteiger partial charge in [0.15, 0.2) is 0 Å². The van der Waals surface area contributed by atoms with Crippen LogP contribution in [0.4, 0.5) is 5.69 Å². The molecule has 2 aromatic rings. The maximum atomic E-state index is 12.4. The highest BCUT2D eigenvalue weighted by Gasteiger charge is 2.23. The van der Waals surface area contributed by atoms with Crippen molar-refractivity contribution in [2.24, 2.45) is 0 Å². The summed E-state index contributed by atoms with van der Waals surface area (Å²) in [7, 11) is -2.11. The van der Waals surface area contributed by atoms with E-state index in [9.17, 15) is 13.2 Å². The third-order valence-corrected chi connectivity index (χ3v) is 5.38. The molecular weight excluding hydrogens is 328 g/mol. The van der Waals surface area contributed by atoms with Crippen molar-refractivity contribution in [3.8, 4) is 5.75 Å². The molecule has 2 aromatic carbocycles. The number of anilines is 1. The average Bonchev–Trinajstić information content (AvgIpc) is 3.02. The highest BCUT2D eigenvalue weighted by Crippen LogP contribution is 2.25. The van der Waals surface area contributed by atoms with Gasteiger partial charge >= 0.3 is 0 Å². The van der Waals surface area contributed by atoms with Gasteiger partial charge in [0.25, 0.3) is 10.0 Å². The van der Waals surface area contributed by atoms with Crippen molar-refractivity contribution in [2.45, 2.75) is 17.2 Å². The van der Waals surface area contributed by atoms with E-state index in [1.54, 1.807) is 55.6 Å². The normalized spacial score (nSPS) is 17.4. The highest BCUT2D eigenvalue weighted by atomic mass is 32.2. The molecular formula is C17H18N2O4S. The van der Waals surface area contributed by atoms with Crippen LogP contribution in [0.2, 0.25) is 0 Å². The lowest BCUT2D eigenvalue weighted by atomic mass is 9.99. The summed E-state index contributed by atoms with van der Waals surface area (Å²) in [5.74, 6) is 0.781. The van der Waals surface area contributed by atoms with E-state index in [2.05, 4.69) is 10.0 Å². The Morgan fingerprint density at radius 2 is 1.75 bits per heavy atom. The third kappa shape index (κ3) is 3.51. The van der Waals surface area contributed by atoms with Crippen molar-refractivity contribution in [2.75, 3.05) is 18.4 Å². The van der Waals surface area contributed by atoms with Gasteiger partial charge in [0.05, 0.1) is 12.0 Å². The lowest BCUT2D eigenvalue weighted by Gasteiger charge is -2.11. The number of carbonyl (C=O) groups excluding carboxylic acids is 1. The van der Waals surface area contributed by atoms with E-state index in [1.165, 1.54) is 0 Å². The number of sulfonamides is 1. The molecule has 1 atom stereocenters. The summed E-state index contributed by atoms with van der Waals surface area (Å²) in [5.41, 5.74) is 1.42. The van der Waals surface area contributed by atoms with Crippen LogP contribution in [-0.4, -0.2) is 28.0 Å². The van der Waals surface area contributed by atoms with Gasteiger partial charge in [-0.25, -0.2) is 8.42 Å². The zero-order valence-electron chi connectivity index (χ0n) is 13.2. The van der Waals surface area contributed by atoms with Crippen LogP contribution in [0.5, 0.6) is 5.75 Å². The number of ether oxygens (including phenoxy) is 1. The Labute approximate surface area is 140 Å².